The summed E-state index contributed by atoms with van der Waals surface area (Å²) in [6, 6.07) is 8.40. The van der Waals surface area contributed by atoms with E-state index in [1.54, 1.807) is 11.8 Å². The third-order valence-corrected chi connectivity index (χ3v) is 3.43. The summed E-state index contributed by atoms with van der Waals surface area (Å²) in [6.45, 7) is 4.05. The molecule has 0 aromatic heterocycles. The number of anilines is 1. The minimum atomic E-state index is 1.04. The van der Waals surface area contributed by atoms with E-state index in [0.717, 1.165) is 5.82 Å². The Labute approximate surface area is 94.7 Å². The highest BCUT2D eigenvalue weighted by molar-refractivity contribution is 8.03. The van der Waals surface area contributed by atoms with Crippen molar-refractivity contribution in [2.75, 3.05) is 11.9 Å². The maximum absolute atomic E-state index is 4.40. The van der Waals surface area contributed by atoms with Gasteiger partial charge in [-0.1, -0.05) is 23.9 Å². The number of rotatable bonds is 1. The molecular formula is C12H14N2S. The fraction of sp³-hybridized carbons (Fsp3) is 0.250. The fourth-order valence-corrected chi connectivity index (χ4v) is 2.75. The van der Waals surface area contributed by atoms with E-state index in [-0.39, 0.29) is 0 Å². The van der Waals surface area contributed by atoms with E-state index in [1.165, 1.54) is 15.5 Å². The molecule has 1 heterocycles. The van der Waals surface area contributed by atoms with Gasteiger partial charge in [-0.15, -0.1) is 0 Å². The van der Waals surface area contributed by atoms with E-state index >= 15 is 0 Å². The molecule has 0 saturated carbocycles. The molecule has 0 amide bonds. The average molecular weight is 218 g/mol. The van der Waals surface area contributed by atoms with Crippen molar-refractivity contribution in [2.24, 2.45) is 4.99 Å². The van der Waals surface area contributed by atoms with Crippen LogP contribution in [0.25, 0.3) is 0 Å². The number of allylic oxidation sites excluding steroid dienone is 1. The van der Waals surface area contributed by atoms with Crippen molar-refractivity contribution in [1.29, 1.82) is 0 Å². The molecule has 0 N–H and O–H groups in total. The first-order valence-corrected chi connectivity index (χ1v) is 5.76. The zero-order valence-corrected chi connectivity index (χ0v) is 10.0. The molecule has 0 saturated heterocycles. The van der Waals surface area contributed by atoms with E-state index < -0.39 is 0 Å². The predicted molar refractivity (Wildman–Crippen MR) is 67.6 cm³/mol. The molecule has 1 aliphatic heterocycles. The summed E-state index contributed by atoms with van der Waals surface area (Å²) in [4.78, 5) is 9.09. The number of aliphatic imine (C=N–C) groups is 1. The molecule has 78 valence electrons. The molecule has 1 aromatic carbocycles. The second-order valence-corrected chi connectivity index (χ2v) is 4.65. The first-order valence-electron chi connectivity index (χ1n) is 4.94. The molecule has 1 aromatic rings. The van der Waals surface area contributed by atoms with Gasteiger partial charge < -0.3 is 4.90 Å². The molecule has 2 nitrogen and oxygen atoms in total. The van der Waals surface area contributed by atoms with Crippen molar-refractivity contribution in [1.82, 2.24) is 0 Å². The van der Waals surface area contributed by atoms with Crippen molar-refractivity contribution < 1.29 is 0 Å². The first-order chi connectivity index (χ1) is 7.24. The zero-order chi connectivity index (χ0) is 10.8. The predicted octanol–water partition coefficient (Wildman–Crippen LogP) is 3.51. The van der Waals surface area contributed by atoms with Gasteiger partial charge in [-0.2, -0.15) is 0 Å². The number of fused-ring (bicyclic) bond motifs is 1. The number of benzene rings is 1. The molecule has 3 heteroatoms. The minimum absolute atomic E-state index is 1.04. The molecule has 0 fully saturated rings. The quantitative estimate of drug-likeness (QED) is 0.670. The standard InChI is InChI=1S/C12H14N2S/c1-4-13-12-9(2)15-11-8-6-5-7-10(11)14(12)3/h4-8H,1-3H3/b13-4-. The van der Waals surface area contributed by atoms with Gasteiger partial charge >= 0.3 is 0 Å². The lowest BCUT2D eigenvalue weighted by molar-refractivity contribution is 1.02. The molecule has 0 bridgehead atoms. The van der Waals surface area contributed by atoms with E-state index in [0.29, 0.717) is 0 Å². The Hall–Kier alpha value is -1.22. The Morgan fingerprint density at radius 2 is 2.07 bits per heavy atom. The average Bonchev–Trinajstić information content (AvgIpc) is 2.24. The maximum atomic E-state index is 4.40. The van der Waals surface area contributed by atoms with Crippen LogP contribution in [-0.2, 0) is 0 Å². The van der Waals surface area contributed by atoms with Crippen LogP contribution in [0.1, 0.15) is 13.8 Å². The van der Waals surface area contributed by atoms with Crippen LogP contribution in [-0.4, -0.2) is 13.3 Å². The van der Waals surface area contributed by atoms with Gasteiger partial charge in [0.05, 0.1) is 5.69 Å². The Balaban J connectivity index is 2.48. The third-order valence-electron chi connectivity index (χ3n) is 2.37. The molecular weight excluding hydrogens is 204 g/mol. The van der Waals surface area contributed by atoms with Gasteiger partial charge in [-0.3, -0.25) is 0 Å². The van der Waals surface area contributed by atoms with Crippen molar-refractivity contribution in [2.45, 2.75) is 18.7 Å². The van der Waals surface area contributed by atoms with Crippen LogP contribution in [0.3, 0.4) is 0 Å². The summed E-state index contributed by atoms with van der Waals surface area (Å²) in [7, 11) is 2.06. The van der Waals surface area contributed by atoms with Gasteiger partial charge in [-0.25, -0.2) is 4.99 Å². The summed E-state index contributed by atoms with van der Waals surface area (Å²) >= 11 is 1.79. The Morgan fingerprint density at radius 1 is 1.33 bits per heavy atom. The normalized spacial score (nSPS) is 16.1. The van der Waals surface area contributed by atoms with E-state index in [1.807, 2.05) is 13.1 Å². The van der Waals surface area contributed by atoms with Gasteiger partial charge in [0.1, 0.15) is 5.82 Å². The Bertz CT molecular complexity index is 435. The molecule has 1 aliphatic rings. The molecule has 0 aliphatic carbocycles. The monoisotopic (exact) mass is 218 g/mol. The van der Waals surface area contributed by atoms with Crippen LogP contribution in [0.15, 0.2) is 44.9 Å². The topological polar surface area (TPSA) is 15.6 Å². The third kappa shape index (κ3) is 1.79. The van der Waals surface area contributed by atoms with Crippen LogP contribution in [0.4, 0.5) is 5.69 Å². The van der Waals surface area contributed by atoms with E-state index in [4.69, 9.17) is 0 Å². The molecule has 0 spiro atoms. The van der Waals surface area contributed by atoms with Crippen LogP contribution in [0.2, 0.25) is 0 Å². The van der Waals surface area contributed by atoms with E-state index in [2.05, 4.69) is 48.1 Å². The second kappa shape index (κ2) is 4.11. The highest BCUT2D eigenvalue weighted by Gasteiger charge is 2.19. The van der Waals surface area contributed by atoms with Gasteiger partial charge in [-0.05, 0) is 26.0 Å². The SMILES string of the molecule is C/C=N\C1=C(C)Sc2ccccc2N1C. The fourth-order valence-electron chi connectivity index (χ4n) is 1.68. The Morgan fingerprint density at radius 3 is 2.80 bits per heavy atom. The molecule has 0 radical (unpaired) electrons. The summed E-state index contributed by atoms with van der Waals surface area (Å²) in [5.41, 5.74) is 1.23. The number of para-hydroxylation sites is 1. The highest BCUT2D eigenvalue weighted by atomic mass is 32.2. The number of thioether (sulfide) groups is 1. The molecule has 0 atom stereocenters. The smallest absolute Gasteiger partial charge is 0.141 e. The molecule has 15 heavy (non-hydrogen) atoms. The van der Waals surface area contributed by atoms with Gasteiger partial charge in [0.2, 0.25) is 0 Å². The van der Waals surface area contributed by atoms with Crippen molar-refractivity contribution in [3.8, 4) is 0 Å². The van der Waals surface area contributed by atoms with Gasteiger partial charge in [0.25, 0.3) is 0 Å². The van der Waals surface area contributed by atoms with Crippen LogP contribution in [0.5, 0.6) is 0 Å². The first kappa shape index (κ1) is 10.3. The van der Waals surface area contributed by atoms with Crippen molar-refractivity contribution in [3.63, 3.8) is 0 Å². The van der Waals surface area contributed by atoms with Gasteiger partial charge in [0.15, 0.2) is 0 Å². The molecule has 0 unspecified atom stereocenters. The largest absolute Gasteiger partial charge is 0.328 e. The number of hydrogen-bond acceptors (Lipinski definition) is 3. The van der Waals surface area contributed by atoms with Crippen molar-refractivity contribution >= 4 is 23.7 Å². The van der Waals surface area contributed by atoms with Gasteiger partial charge in [0, 0.05) is 23.1 Å². The summed E-state index contributed by atoms with van der Waals surface area (Å²) in [6.07, 6.45) is 1.84. The lowest BCUT2D eigenvalue weighted by Gasteiger charge is -2.28. The molecule has 2 rings (SSSR count). The lowest BCUT2D eigenvalue weighted by atomic mass is 10.3. The van der Waals surface area contributed by atoms with Crippen LogP contribution in [0, 0.1) is 0 Å². The maximum Gasteiger partial charge on any atom is 0.141 e. The summed E-state index contributed by atoms with van der Waals surface area (Å²) < 4.78 is 0. The van der Waals surface area contributed by atoms with Crippen molar-refractivity contribution in [3.05, 3.63) is 35.0 Å². The number of hydrogen-bond donors (Lipinski definition) is 0. The highest BCUT2D eigenvalue weighted by Crippen LogP contribution is 2.42. The lowest BCUT2D eigenvalue weighted by Crippen LogP contribution is -2.19. The van der Waals surface area contributed by atoms with Crippen LogP contribution < -0.4 is 4.90 Å². The summed E-state index contributed by atoms with van der Waals surface area (Å²) in [5, 5.41) is 0. The zero-order valence-electron chi connectivity index (χ0n) is 9.19. The minimum Gasteiger partial charge on any atom is -0.328 e. The van der Waals surface area contributed by atoms with E-state index in [9.17, 15) is 0 Å². The van der Waals surface area contributed by atoms with Crippen LogP contribution >= 0.6 is 11.8 Å². The number of nitrogens with zero attached hydrogens (tertiary/aromatic N) is 2. The summed E-state index contributed by atoms with van der Waals surface area (Å²) in [5.74, 6) is 1.04. The Kier molecular flexibility index (Phi) is 2.82. The second-order valence-electron chi connectivity index (χ2n) is 3.40.